The molecule has 0 radical (unpaired) electrons. The molecule has 1 spiro atoms. The van der Waals surface area contributed by atoms with Gasteiger partial charge in [-0.3, -0.25) is 14.9 Å². The van der Waals surface area contributed by atoms with Gasteiger partial charge in [0.1, 0.15) is 17.4 Å². The van der Waals surface area contributed by atoms with Crippen LogP contribution in [0.15, 0.2) is 36.4 Å². The molecule has 4 aliphatic rings. The van der Waals surface area contributed by atoms with Crippen LogP contribution in [0.4, 0.5) is 11.4 Å². The maximum absolute atomic E-state index is 13.1. The van der Waals surface area contributed by atoms with E-state index in [4.69, 9.17) is 4.74 Å². The fourth-order valence-electron chi connectivity index (χ4n) is 5.90. The molecule has 0 bridgehead atoms. The van der Waals surface area contributed by atoms with Gasteiger partial charge in [-0.05, 0) is 43.9 Å². The Bertz CT molecular complexity index is 991. The van der Waals surface area contributed by atoms with Gasteiger partial charge in [0, 0.05) is 12.0 Å². The van der Waals surface area contributed by atoms with Gasteiger partial charge < -0.3 is 14.7 Å². The Labute approximate surface area is 167 Å². The Hall–Kier alpha value is -2.74. The molecule has 8 heteroatoms. The molecule has 1 saturated carbocycles. The van der Waals surface area contributed by atoms with Crippen LogP contribution in [-0.4, -0.2) is 45.6 Å². The first-order valence-electron chi connectivity index (χ1n) is 9.86. The zero-order valence-corrected chi connectivity index (χ0v) is 16.2. The van der Waals surface area contributed by atoms with E-state index in [2.05, 4.69) is 0 Å². The highest BCUT2D eigenvalue weighted by molar-refractivity contribution is 6.02. The second-order valence-electron chi connectivity index (χ2n) is 8.89. The van der Waals surface area contributed by atoms with Gasteiger partial charge in [0.05, 0.1) is 16.9 Å². The molecule has 0 aromatic heterocycles. The minimum Gasteiger partial charge on any atom is -0.459 e. The second kappa shape index (κ2) is 5.44. The average molecular weight is 398 g/mol. The molecule has 3 fully saturated rings. The van der Waals surface area contributed by atoms with Gasteiger partial charge in [-0.25, -0.2) is 4.79 Å². The summed E-state index contributed by atoms with van der Waals surface area (Å²) in [5.41, 5.74) is -3.35. The lowest BCUT2D eigenvalue weighted by molar-refractivity contribution is -0.384. The summed E-state index contributed by atoms with van der Waals surface area (Å²) in [6.45, 7) is 3.89. The van der Waals surface area contributed by atoms with Gasteiger partial charge in [-0.15, -0.1) is 0 Å². The molecule has 2 aliphatic heterocycles. The number of aliphatic hydroxyl groups is 1. The fraction of sp³-hybridized carbons (Fsp3) is 0.524. The molecule has 0 amide bonds. The highest BCUT2D eigenvalue weighted by Crippen LogP contribution is 2.62. The zero-order chi connectivity index (χ0) is 20.8. The van der Waals surface area contributed by atoms with Crippen molar-refractivity contribution in [1.29, 1.82) is 0 Å². The number of hydrogen-bond donors (Lipinski definition) is 1. The molecule has 29 heavy (non-hydrogen) atoms. The topological polar surface area (TPSA) is 110 Å². The summed E-state index contributed by atoms with van der Waals surface area (Å²) in [6.07, 6.45) is 3.38. The van der Waals surface area contributed by atoms with Crippen molar-refractivity contribution in [2.24, 2.45) is 17.3 Å². The zero-order valence-electron chi connectivity index (χ0n) is 16.2. The molecule has 2 saturated heterocycles. The number of anilines is 1. The van der Waals surface area contributed by atoms with Crippen molar-refractivity contribution in [3.05, 3.63) is 46.5 Å². The summed E-state index contributed by atoms with van der Waals surface area (Å²) < 4.78 is 5.80. The van der Waals surface area contributed by atoms with Gasteiger partial charge >= 0.3 is 5.97 Å². The number of ketones is 1. The molecule has 6 atom stereocenters. The molecule has 5 rings (SSSR count). The summed E-state index contributed by atoms with van der Waals surface area (Å²) in [5, 5.41) is 22.9. The van der Waals surface area contributed by atoms with E-state index in [1.54, 1.807) is 36.1 Å². The van der Waals surface area contributed by atoms with Crippen LogP contribution in [-0.2, 0) is 14.3 Å². The lowest BCUT2D eigenvalue weighted by Gasteiger charge is -2.43. The molecule has 1 N–H and O–H groups in total. The van der Waals surface area contributed by atoms with Crippen LogP contribution in [0.3, 0.4) is 0 Å². The van der Waals surface area contributed by atoms with Crippen molar-refractivity contribution >= 4 is 23.1 Å². The monoisotopic (exact) mass is 398 g/mol. The normalized spacial score (nSPS) is 42.4. The third-order valence-electron chi connectivity index (χ3n) is 7.78. The third kappa shape index (κ3) is 1.97. The number of rotatable bonds is 2. The van der Waals surface area contributed by atoms with Crippen LogP contribution in [0.5, 0.6) is 0 Å². The predicted molar refractivity (Wildman–Crippen MR) is 102 cm³/mol. The first-order chi connectivity index (χ1) is 13.7. The van der Waals surface area contributed by atoms with E-state index in [1.165, 1.54) is 12.1 Å². The van der Waals surface area contributed by atoms with Crippen LogP contribution in [0.1, 0.15) is 26.7 Å². The number of nitro groups is 1. The van der Waals surface area contributed by atoms with E-state index in [1.807, 2.05) is 6.92 Å². The third-order valence-corrected chi connectivity index (χ3v) is 7.78. The molecule has 2 aliphatic carbocycles. The van der Waals surface area contributed by atoms with Crippen LogP contribution >= 0.6 is 0 Å². The second-order valence-corrected chi connectivity index (χ2v) is 8.89. The number of esters is 1. The maximum Gasteiger partial charge on any atom is 0.334 e. The largest absolute Gasteiger partial charge is 0.459 e. The number of nitrogens with zero attached hydrogens (tertiary/aromatic N) is 2. The first kappa shape index (κ1) is 18.3. The Morgan fingerprint density at radius 2 is 2.00 bits per heavy atom. The lowest BCUT2D eigenvalue weighted by atomic mass is 9.64. The predicted octanol–water partition coefficient (Wildman–Crippen LogP) is 2.00. The standard InChI is InChI=1S/C21H22N2O6/c1-12-7-8-13-17(19(2)16(24)9-10-21(12,19)26)29-18(25)20(13)11-22(20)14-5-3-4-6-15(14)23(27)28/h3-6,9-10,12-13,17,26H,7-8,11H2,1-2H3/t12-,13+,17+,19-,20?,21+,22?/m0/s1. The Balaban J connectivity index is 1.59. The summed E-state index contributed by atoms with van der Waals surface area (Å²) in [7, 11) is 0. The summed E-state index contributed by atoms with van der Waals surface area (Å²) >= 11 is 0. The Morgan fingerprint density at radius 3 is 2.72 bits per heavy atom. The summed E-state index contributed by atoms with van der Waals surface area (Å²) in [4.78, 5) is 38.7. The van der Waals surface area contributed by atoms with Crippen LogP contribution < -0.4 is 4.90 Å². The van der Waals surface area contributed by atoms with Gasteiger partial charge in [-0.2, -0.15) is 0 Å². The molecule has 152 valence electrons. The molecule has 8 nitrogen and oxygen atoms in total. The number of benzene rings is 1. The van der Waals surface area contributed by atoms with Crippen molar-refractivity contribution in [2.75, 3.05) is 11.4 Å². The number of carbonyl (C=O) groups is 2. The summed E-state index contributed by atoms with van der Waals surface area (Å²) in [5.74, 6) is -1.23. The number of para-hydroxylation sites is 2. The molecule has 2 heterocycles. The average Bonchev–Trinajstić information content (AvgIpc) is 3.33. The van der Waals surface area contributed by atoms with E-state index >= 15 is 0 Å². The highest BCUT2D eigenvalue weighted by Gasteiger charge is 2.77. The van der Waals surface area contributed by atoms with Crippen molar-refractivity contribution in [2.45, 2.75) is 43.9 Å². The van der Waals surface area contributed by atoms with Crippen LogP contribution in [0.25, 0.3) is 0 Å². The van der Waals surface area contributed by atoms with E-state index in [0.717, 1.165) is 0 Å². The van der Waals surface area contributed by atoms with E-state index in [-0.39, 0.29) is 23.3 Å². The van der Waals surface area contributed by atoms with Crippen molar-refractivity contribution in [3.63, 3.8) is 0 Å². The molecule has 1 unspecified atom stereocenters. The molecule has 1 aromatic rings. The number of fused-ring (bicyclic) bond motifs is 4. The van der Waals surface area contributed by atoms with Gasteiger partial charge in [-0.1, -0.05) is 19.1 Å². The SMILES string of the molecule is C[C@H]1CC[C@@H]2[C@@H](OC(=O)C23CN3c2ccccc2[N+](=O)[O-])[C@]2(C)C(=O)C=C[C@@]12O. The number of hydrogen-bond acceptors (Lipinski definition) is 7. The van der Waals surface area contributed by atoms with E-state index in [9.17, 15) is 24.8 Å². The molecular weight excluding hydrogens is 376 g/mol. The molecule has 1 aromatic carbocycles. The maximum atomic E-state index is 13.1. The smallest absolute Gasteiger partial charge is 0.334 e. The van der Waals surface area contributed by atoms with Gasteiger partial charge in [0.2, 0.25) is 0 Å². The number of ether oxygens (including phenoxy) is 1. The van der Waals surface area contributed by atoms with E-state index in [0.29, 0.717) is 25.1 Å². The van der Waals surface area contributed by atoms with Gasteiger partial charge in [0.25, 0.3) is 5.69 Å². The summed E-state index contributed by atoms with van der Waals surface area (Å²) in [6, 6.07) is 6.34. The Kier molecular flexibility index (Phi) is 3.43. The van der Waals surface area contributed by atoms with Crippen molar-refractivity contribution in [3.8, 4) is 0 Å². The minimum absolute atomic E-state index is 0.0658. The van der Waals surface area contributed by atoms with Crippen LogP contribution in [0.2, 0.25) is 0 Å². The number of carbonyl (C=O) groups excluding carboxylic acids is 2. The van der Waals surface area contributed by atoms with Gasteiger partial charge in [0.15, 0.2) is 11.3 Å². The van der Waals surface area contributed by atoms with Crippen molar-refractivity contribution in [1.82, 2.24) is 0 Å². The first-order valence-corrected chi connectivity index (χ1v) is 9.86. The number of nitro benzene ring substituents is 1. The van der Waals surface area contributed by atoms with Crippen molar-refractivity contribution < 1.29 is 24.4 Å². The minimum atomic E-state index is -1.38. The quantitative estimate of drug-likeness (QED) is 0.351. The molecular formula is C21H22N2O6. The lowest BCUT2D eigenvalue weighted by Crippen LogP contribution is -2.57. The highest BCUT2D eigenvalue weighted by atomic mass is 16.6. The van der Waals surface area contributed by atoms with E-state index < -0.39 is 33.6 Å². The fourth-order valence-corrected chi connectivity index (χ4v) is 5.90. The van der Waals surface area contributed by atoms with Crippen LogP contribution in [0, 0.1) is 27.4 Å². The Morgan fingerprint density at radius 1 is 1.28 bits per heavy atom. The number of allylic oxidation sites excluding steroid dienone is 1.